The number of oxime groups is 1. The predicted octanol–water partition coefficient (Wildman–Crippen LogP) is 3.21. The van der Waals surface area contributed by atoms with Crippen LogP contribution in [0, 0.1) is 5.82 Å². The second kappa shape index (κ2) is 6.65. The molecule has 108 valence electrons. The summed E-state index contributed by atoms with van der Waals surface area (Å²) < 4.78 is 13.0. The number of halogens is 1. The molecule has 0 unspecified atom stereocenters. The van der Waals surface area contributed by atoms with Crippen LogP contribution in [0.1, 0.15) is 18.1 Å². The van der Waals surface area contributed by atoms with Crippen LogP contribution in [-0.2, 0) is 11.2 Å². The molecule has 0 atom stereocenters. The highest BCUT2D eigenvalue weighted by Crippen LogP contribution is 2.12. The summed E-state index contributed by atoms with van der Waals surface area (Å²) in [5.41, 5.74) is 2.51. The number of rotatable bonds is 4. The van der Waals surface area contributed by atoms with E-state index in [0.717, 1.165) is 5.56 Å². The molecule has 21 heavy (non-hydrogen) atoms. The van der Waals surface area contributed by atoms with E-state index in [-0.39, 0.29) is 18.1 Å². The van der Waals surface area contributed by atoms with Crippen LogP contribution in [0.2, 0.25) is 0 Å². The van der Waals surface area contributed by atoms with Gasteiger partial charge in [0.25, 0.3) is 0 Å². The lowest BCUT2D eigenvalue weighted by Gasteiger charge is -2.06. The maximum atomic E-state index is 13.0. The summed E-state index contributed by atoms with van der Waals surface area (Å²) in [5, 5.41) is 14.5. The molecule has 0 spiro atoms. The summed E-state index contributed by atoms with van der Waals surface area (Å²) in [5.74, 6) is -0.579. The average molecular weight is 286 g/mol. The highest BCUT2D eigenvalue weighted by Gasteiger charge is 2.05. The van der Waals surface area contributed by atoms with Gasteiger partial charge < -0.3 is 10.5 Å². The molecule has 2 aromatic carbocycles. The molecule has 0 radical (unpaired) electrons. The highest BCUT2D eigenvalue weighted by atomic mass is 19.1. The van der Waals surface area contributed by atoms with E-state index in [1.807, 2.05) is 0 Å². The first-order chi connectivity index (χ1) is 10.1. The standard InChI is InChI=1S/C16H15FN2O2/c1-11(19-21)13-5-7-15(8-6-13)18-16(20)10-12-3-2-4-14(17)9-12/h2-9,21H,10H2,1H3,(H,18,20)/b19-11+. The molecule has 0 aliphatic carbocycles. The van der Waals surface area contributed by atoms with Crippen LogP contribution in [0.15, 0.2) is 53.7 Å². The van der Waals surface area contributed by atoms with E-state index in [1.54, 1.807) is 43.3 Å². The number of hydrogen-bond donors (Lipinski definition) is 2. The maximum Gasteiger partial charge on any atom is 0.228 e. The Labute approximate surface area is 121 Å². The zero-order chi connectivity index (χ0) is 15.2. The first-order valence-corrected chi connectivity index (χ1v) is 6.42. The van der Waals surface area contributed by atoms with E-state index in [4.69, 9.17) is 5.21 Å². The van der Waals surface area contributed by atoms with E-state index >= 15 is 0 Å². The van der Waals surface area contributed by atoms with E-state index < -0.39 is 0 Å². The van der Waals surface area contributed by atoms with Crippen LogP contribution >= 0.6 is 0 Å². The molecule has 4 nitrogen and oxygen atoms in total. The van der Waals surface area contributed by atoms with Crippen molar-refractivity contribution in [3.63, 3.8) is 0 Å². The molecule has 2 N–H and O–H groups in total. The molecular formula is C16H15FN2O2. The minimum Gasteiger partial charge on any atom is -0.411 e. The molecule has 0 aromatic heterocycles. The summed E-state index contributed by atoms with van der Waals surface area (Å²) in [7, 11) is 0. The molecular weight excluding hydrogens is 271 g/mol. The number of benzene rings is 2. The Balaban J connectivity index is 2.00. The monoisotopic (exact) mass is 286 g/mol. The Hall–Kier alpha value is -2.69. The highest BCUT2D eigenvalue weighted by molar-refractivity contribution is 5.99. The molecule has 0 aliphatic rings. The van der Waals surface area contributed by atoms with Gasteiger partial charge in [0.2, 0.25) is 5.91 Å². The largest absolute Gasteiger partial charge is 0.411 e. The molecule has 2 rings (SSSR count). The SMILES string of the molecule is C/C(=N\O)c1ccc(NC(=O)Cc2cccc(F)c2)cc1. The predicted molar refractivity (Wildman–Crippen MR) is 79.2 cm³/mol. The van der Waals surface area contributed by atoms with Gasteiger partial charge in [0.1, 0.15) is 5.82 Å². The lowest BCUT2D eigenvalue weighted by molar-refractivity contribution is -0.115. The third-order valence-electron chi connectivity index (χ3n) is 2.99. The van der Waals surface area contributed by atoms with E-state index in [9.17, 15) is 9.18 Å². The second-order valence-electron chi connectivity index (χ2n) is 4.62. The number of hydrogen-bond acceptors (Lipinski definition) is 3. The molecule has 0 bridgehead atoms. The average Bonchev–Trinajstić information content (AvgIpc) is 2.47. The van der Waals surface area contributed by atoms with Gasteiger partial charge in [-0.2, -0.15) is 0 Å². The van der Waals surface area contributed by atoms with Crippen molar-refractivity contribution in [1.82, 2.24) is 0 Å². The van der Waals surface area contributed by atoms with Crippen molar-refractivity contribution in [2.45, 2.75) is 13.3 Å². The lowest BCUT2D eigenvalue weighted by Crippen LogP contribution is -2.14. The molecule has 0 saturated carbocycles. The van der Waals surface area contributed by atoms with Crippen molar-refractivity contribution in [2.24, 2.45) is 5.16 Å². The van der Waals surface area contributed by atoms with Crippen LogP contribution < -0.4 is 5.32 Å². The zero-order valence-electron chi connectivity index (χ0n) is 11.5. The zero-order valence-corrected chi connectivity index (χ0v) is 11.5. The topological polar surface area (TPSA) is 61.7 Å². The fraction of sp³-hybridized carbons (Fsp3) is 0.125. The van der Waals surface area contributed by atoms with Crippen LogP contribution in [0.25, 0.3) is 0 Å². The maximum absolute atomic E-state index is 13.0. The van der Waals surface area contributed by atoms with Gasteiger partial charge >= 0.3 is 0 Å². The molecule has 0 aliphatic heterocycles. The molecule has 0 heterocycles. The number of amides is 1. The lowest BCUT2D eigenvalue weighted by atomic mass is 10.1. The Kier molecular flexibility index (Phi) is 4.66. The van der Waals surface area contributed by atoms with Crippen LogP contribution in [0.4, 0.5) is 10.1 Å². The fourth-order valence-electron chi connectivity index (χ4n) is 1.89. The van der Waals surface area contributed by atoms with Gasteiger partial charge in [-0.15, -0.1) is 0 Å². The first kappa shape index (κ1) is 14.7. The van der Waals surface area contributed by atoms with Crippen molar-refractivity contribution in [3.8, 4) is 0 Å². The smallest absolute Gasteiger partial charge is 0.228 e. The summed E-state index contributed by atoms with van der Waals surface area (Å²) in [6, 6.07) is 12.9. The van der Waals surface area contributed by atoms with Gasteiger partial charge in [-0.25, -0.2) is 4.39 Å². The van der Waals surface area contributed by atoms with Crippen LogP contribution in [0.3, 0.4) is 0 Å². The van der Waals surface area contributed by atoms with Crippen molar-refractivity contribution in [2.75, 3.05) is 5.32 Å². The Bertz CT molecular complexity index is 666. The summed E-state index contributed by atoms with van der Waals surface area (Å²) >= 11 is 0. The van der Waals surface area contributed by atoms with E-state index in [2.05, 4.69) is 10.5 Å². The van der Waals surface area contributed by atoms with E-state index in [0.29, 0.717) is 17.0 Å². The fourth-order valence-corrected chi connectivity index (χ4v) is 1.89. The number of carbonyl (C=O) groups excluding carboxylic acids is 1. The number of nitrogens with zero attached hydrogens (tertiary/aromatic N) is 1. The molecule has 0 fully saturated rings. The van der Waals surface area contributed by atoms with Crippen LogP contribution in [0.5, 0.6) is 0 Å². The molecule has 0 saturated heterocycles. The third-order valence-corrected chi connectivity index (χ3v) is 2.99. The Morgan fingerprint density at radius 3 is 2.57 bits per heavy atom. The van der Waals surface area contributed by atoms with Crippen molar-refractivity contribution >= 4 is 17.3 Å². The van der Waals surface area contributed by atoms with Crippen molar-refractivity contribution < 1.29 is 14.4 Å². The number of carbonyl (C=O) groups is 1. The van der Waals surface area contributed by atoms with Gasteiger partial charge in [0.15, 0.2) is 0 Å². The number of nitrogens with one attached hydrogen (secondary N) is 1. The van der Waals surface area contributed by atoms with Gasteiger partial charge in [0, 0.05) is 5.69 Å². The van der Waals surface area contributed by atoms with Crippen LogP contribution in [-0.4, -0.2) is 16.8 Å². The van der Waals surface area contributed by atoms with Crippen molar-refractivity contribution in [1.29, 1.82) is 0 Å². The quantitative estimate of drug-likeness (QED) is 0.515. The number of anilines is 1. The van der Waals surface area contributed by atoms with Gasteiger partial charge in [0.05, 0.1) is 12.1 Å². The molecule has 2 aromatic rings. The first-order valence-electron chi connectivity index (χ1n) is 6.42. The van der Waals surface area contributed by atoms with Gasteiger partial charge in [-0.1, -0.05) is 29.4 Å². The second-order valence-corrected chi connectivity index (χ2v) is 4.62. The summed E-state index contributed by atoms with van der Waals surface area (Å²) in [6.07, 6.45) is 0.108. The van der Waals surface area contributed by atoms with E-state index in [1.165, 1.54) is 12.1 Å². The van der Waals surface area contributed by atoms with Gasteiger partial charge in [-0.3, -0.25) is 4.79 Å². The molecule has 1 amide bonds. The minimum atomic E-state index is -0.358. The summed E-state index contributed by atoms with van der Waals surface area (Å²) in [6.45, 7) is 1.68. The Morgan fingerprint density at radius 2 is 1.95 bits per heavy atom. The Morgan fingerprint density at radius 1 is 1.24 bits per heavy atom. The third kappa shape index (κ3) is 4.14. The normalized spacial score (nSPS) is 11.2. The minimum absolute atomic E-state index is 0.108. The summed E-state index contributed by atoms with van der Waals surface area (Å²) in [4.78, 5) is 11.9. The van der Waals surface area contributed by atoms with Gasteiger partial charge in [-0.05, 0) is 42.3 Å². The van der Waals surface area contributed by atoms with Crippen molar-refractivity contribution in [3.05, 3.63) is 65.5 Å². The molecule has 5 heteroatoms.